The van der Waals surface area contributed by atoms with Gasteiger partial charge in [-0.2, -0.15) is 0 Å². The fraction of sp³-hybridized carbons (Fsp3) is 0.592. The van der Waals surface area contributed by atoms with E-state index in [1.807, 2.05) is 71.0 Å². The van der Waals surface area contributed by atoms with Gasteiger partial charge in [0.2, 0.25) is 0 Å². The fourth-order valence-corrected chi connectivity index (χ4v) is 12.0. The van der Waals surface area contributed by atoms with Crippen molar-refractivity contribution >= 4 is 35.1 Å². The van der Waals surface area contributed by atoms with E-state index in [9.17, 15) is 19.2 Å². The van der Waals surface area contributed by atoms with Gasteiger partial charge in [0.15, 0.2) is 0 Å². The highest BCUT2D eigenvalue weighted by Crippen LogP contribution is 2.38. The number of unbranched alkanes of at least 4 members (excludes halogenated alkanes) is 22. The van der Waals surface area contributed by atoms with Crippen molar-refractivity contribution in [1.82, 2.24) is 10.3 Å². The minimum absolute atomic E-state index is 0.0494. The normalized spacial score (nSPS) is 12.8. The molecular weight excluding hydrogens is 1100 g/mol. The van der Waals surface area contributed by atoms with Crippen LogP contribution >= 0.6 is 0 Å². The van der Waals surface area contributed by atoms with Crippen molar-refractivity contribution in [3.05, 3.63) is 128 Å². The average Bonchev–Trinajstić information content (AvgIpc) is 3.22. The molecule has 0 atom stereocenters. The minimum atomic E-state index is -0.447. The van der Waals surface area contributed by atoms with E-state index < -0.39 is 11.9 Å². The SMILES string of the molecule is CCCCCCCC/C=C\CCCCCCCC(=O)Oc1cc(OC(=O)CCCCCCC/C=C\CCCCCCCC)c(C(C)C)cc1C(=O)N(C)c1cccc(-c2cc(C(=O)NCc3c(C)cc(C)[nH]c3=O)c(C)c(N(CC)C3CCOCC3)c2)c1. The number of aromatic amines is 1. The number of carbonyl (C=O) groups is 4. The van der Waals surface area contributed by atoms with E-state index in [1.165, 1.54) is 83.5 Å². The first-order chi connectivity index (χ1) is 42.7. The predicted octanol–water partition coefficient (Wildman–Crippen LogP) is 19.2. The summed E-state index contributed by atoms with van der Waals surface area (Å²) in [7, 11) is 1.70. The lowest BCUT2D eigenvalue weighted by atomic mass is 9.94. The van der Waals surface area contributed by atoms with Gasteiger partial charge in [0, 0.05) is 86.5 Å². The lowest BCUT2D eigenvalue weighted by Crippen LogP contribution is -2.40. The molecule has 4 aromatic rings. The first kappa shape index (κ1) is 72.5. The number of hydrogen-bond donors (Lipinski definition) is 2. The van der Waals surface area contributed by atoms with Crippen molar-refractivity contribution in [2.75, 3.05) is 36.6 Å². The number of nitrogens with zero attached hydrogens (tertiary/aromatic N) is 2. The van der Waals surface area contributed by atoms with Gasteiger partial charge in [-0.3, -0.25) is 24.0 Å². The van der Waals surface area contributed by atoms with Crippen LogP contribution in [0.4, 0.5) is 11.4 Å². The van der Waals surface area contributed by atoms with Crippen LogP contribution in [0, 0.1) is 20.8 Å². The molecule has 0 radical (unpaired) electrons. The topological polar surface area (TPSA) is 147 Å². The van der Waals surface area contributed by atoms with Crippen LogP contribution in [0.15, 0.2) is 83.7 Å². The second kappa shape index (κ2) is 41.1. The van der Waals surface area contributed by atoms with Crippen LogP contribution in [-0.2, 0) is 20.9 Å². The number of amides is 2. The molecule has 5 rings (SSSR count). The number of allylic oxidation sites excluding steroid dienone is 4. The van der Waals surface area contributed by atoms with Gasteiger partial charge in [-0.05, 0) is 175 Å². The molecule has 0 unspecified atom stereocenters. The molecule has 1 aliphatic rings. The second-order valence-electron chi connectivity index (χ2n) is 25.0. The summed E-state index contributed by atoms with van der Waals surface area (Å²) in [6.45, 7) is 18.4. The maximum Gasteiger partial charge on any atom is 0.311 e. The van der Waals surface area contributed by atoms with Gasteiger partial charge in [0.1, 0.15) is 11.5 Å². The molecule has 0 bridgehead atoms. The first-order valence-corrected chi connectivity index (χ1v) is 34.4. The summed E-state index contributed by atoms with van der Waals surface area (Å²) >= 11 is 0. The van der Waals surface area contributed by atoms with Gasteiger partial charge in [-0.1, -0.05) is 167 Å². The van der Waals surface area contributed by atoms with Gasteiger partial charge in [-0.25, -0.2) is 0 Å². The minimum Gasteiger partial charge on any atom is -0.426 e. The lowest BCUT2D eigenvalue weighted by Gasteiger charge is -2.37. The van der Waals surface area contributed by atoms with E-state index in [2.05, 4.69) is 66.3 Å². The van der Waals surface area contributed by atoms with Crippen LogP contribution in [0.25, 0.3) is 11.1 Å². The Balaban J connectivity index is 1.34. The molecule has 2 heterocycles. The maximum absolute atomic E-state index is 15.1. The summed E-state index contributed by atoms with van der Waals surface area (Å²) in [5, 5.41) is 3.05. The zero-order valence-corrected chi connectivity index (χ0v) is 55.9. The molecule has 12 nitrogen and oxygen atoms in total. The van der Waals surface area contributed by atoms with E-state index in [0.29, 0.717) is 55.0 Å². The smallest absolute Gasteiger partial charge is 0.311 e. The van der Waals surface area contributed by atoms with Gasteiger partial charge < -0.3 is 34.3 Å². The van der Waals surface area contributed by atoms with Crippen molar-refractivity contribution in [1.29, 1.82) is 0 Å². The van der Waals surface area contributed by atoms with Crippen molar-refractivity contribution in [3.63, 3.8) is 0 Å². The number of pyridine rings is 1. The third-order valence-corrected chi connectivity index (χ3v) is 17.4. The van der Waals surface area contributed by atoms with Gasteiger partial charge in [0.25, 0.3) is 17.4 Å². The number of hydrogen-bond acceptors (Lipinski definition) is 9. The third kappa shape index (κ3) is 25.0. The van der Waals surface area contributed by atoms with Gasteiger partial charge >= 0.3 is 11.9 Å². The number of rotatable bonds is 42. The highest BCUT2D eigenvalue weighted by Gasteiger charge is 2.28. The number of benzene rings is 3. The third-order valence-electron chi connectivity index (χ3n) is 17.4. The maximum atomic E-state index is 15.1. The van der Waals surface area contributed by atoms with Crippen LogP contribution < -0.4 is 30.1 Å². The Morgan fingerprint density at radius 3 is 1.67 bits per heavy atom. The summed E-state index contributed by atoms with van der Waals surface area (Å²) in [5.41, 5.74) is 7.05. The number of aryl methyl sites for hydroxylation is 2. The van der Waals surface area contributed by atoms with Crippen molar-refractivity contribution in [2.45, 2.75) is 267 Å². The van der Waals surface area contributed by atoms with E-state index in [4.69, 9.17) is 14.2 Å². The Bertz CT molecular complexity index is 2880. The Hall–Kier alpha value is -6.27. The number of H-pyrrole nitrogens is 1. The van der Waals surface area contributed by atoms with Crippen LogP contribution in [0.1, 0.15) is 282 Å². The molecule has 2 amide bonds. The molecule has 1 fully saturated rings. The quantitative estimate of drug-likeness (QED) is 0.0191. The standard InChI is InChI=1S/C76H112N4O8/c1-10-13-15-17-19-21-23-25-27-29-31-33-35-37-39-44-72(81)87-70-55-71(88-73(82)45-40-38-36-34-32-30-28-26-24-22-20-18-16-14-11-2)67(54-65(70)57(4)5)76(85)79(9)64-43-41-42-61(51-64)62-52-66(74(83)77-56-68-58(6)50-59(7)78-75(68)84)60(8)69(53-62)80(12-3)63-46-48-86-49-47-63/h25-28,41-43,50-55,57,63H,10-24,29-40,44-49,56H2,1-9H3,(H,77,83)(H,78,84)/b27-25-,28-26-. The second-order valence-corrected chi connectivity index (χ2v) is 25.0. The number of anilines is 2. The molecule has 0 aliphatic carbocycles. The lowest BCUT2D eigenvalue weighted by molar-refractivity contribution is -0.135. The molecule has 484 valence electrons. The number of nitrogens with one attached hydrogen (secondary N) is 2. The van der Waals surface area contributed by atoms with Crippen LogP contribution in [-0.4, -0.2) is 61.6 Å². The summed E-state index contributed by atoms with van der Waals surface area (Å²) in [5.74, 6) is -1.32. The molecule has 2 N–H and O–H groups in total. The molecule has 88 heavy (non-hydrogen) atoms. The van der Waals surface area contributed by atoms with Crippen LogP contribution in [0.5, 0.6) is 11.5 Å². The number of aromatic nitrogens is 1. The Kier molecular flexibility index (Phi) is 33.9. The first-order valence-electron chi connectivity index (χ1n) is 34.4. The van der Waals surface area contributed by atoms with Crippen molar-refractivity contribution in [3.8, 4) is 22.6 Å². The summed E-state index contributed by atoms with van der Waals surface area (Å²) in [4.78, 5) is 76.7. The van der Waals surface area contributed by atoms with E-state index in [1.54, 1.807) is 24.1 Å². The largest absolute Gasteiger partial charge is 0.426 e. The van der Waals surface area contributed by atoms with Crippen molar-refractivity contribution < 1.29 is 33.4 Å². The van der Waals surface area contributed by atoms with Gasteiger partial charge in [0.05, 0.1) is 5.56 Å². The zero-order valence-electron chi connectivity index (χ0n) is 55.9. The number of ether oxygens (including phenoxy) is 3. The molecular formula is C76H112N4O8. The molecule has 0 saturated carbocycles. The van der Waals surface area contributed by atoms with E-state index in [-0.39, 0.29) is 65.8 Å². The van der Waals surface area contributed by atoms with E-state index in [0.717, 1.165) is 117 Å². The fourth-order valence-electron chi connectivity index (χ4n) is 12.0. The Morgan fingerprint density at radius 2 is 1.15 bits per heavy atom. The Labute approximate surface area is 530 Å². The van der Waals surface area contributed by atoms with Crippen LogP contribution in [0.3, 0.4) is 0 Å². The monoisotopic (exact) mass is 1210 g/mol. The Morgan fingerprint density at radius 1 is 0.625 bits per heavy atom. The number of carbonyl (C=O) groups excluding carboxylic acids is 4. The van der Waals surface area contributed by atoms with Gasteiger partial charge in [-0.15, -0.1) is 0 Å². The molecule has 12 heteroatoms. The van der Waals surface area contributed by atoms with Crippen molar-refractivity contribution in [2.24, 2.45) is 0 Å². The van der Waals surface area contributed by atoms with Crippen LogP contribution in [0.2, 0.25) is 0 Å². The summed E-state index contributed by atoms with van der Waals surface area (Å²) in [6.07, 6.45) is 41.5. The molecule has 0 spiro atoms. The summed E-state index contributed by atoms with van der Waals surface area (Å²) < 4.78 is 18.0. The highest BCUT2D eigenvalue weighted by atomic mass is 16.5. The summed E-state index contributed by atoms with van der Waals surface area (Å²) in [6, 6.07) is 17.1. The zero-order chi connectivity index (χ0) is 63.5. The molecule has 3 aromatic carbocycles. The van der Waals surface area contributed by atoms with E-state index >= 15 is 4.79 Å². The molecule has 1 saturated heterocycles. The highest BCUT2D eigenvalue weighted by molar-refractivity contribution is 6.08. The number of esters is 2. The molecule has 1 aromatic heterocycles. The average molecular weight is 1210 g/mol. The molecule has 1 aliphatic heterocycles. The predicted molar refractivity (Wildman–Crippen MR) is 365 cm³/mol.